The topological polar surface area (TPSA) is 117 Å². The summed E-state index contributed by atoms with van der Waals surface area (Å²) in [6.45, 7) is 9.65. The van der Waals surface area contributed by atoms with Crippen molar-refractivity contribution in [1.29, 1.82) is 0 Å². The zero-order valence-corrected chi connectivity index (χ0v) is 21.3. The summed E-state index contributed by atoms with van der Waals surface area (Å²) in [5.41, 5.74) is 1.90. The molecule has 0 bridgehead atoms. The molecule has 0 aliphatic carbocycles. The molecule has 0 radical (unpaired) electrons. The number of unbranched alkanes of at least 4 members (excludes halogenated alkanes) is 5. The highest BCUT2D eigenvalue weighted by molar-refractivity contribution is 5.97. The molecule has 1 aromatic carbocycles. The molecule has 2 heterocycles. The predicted molar refractivity (Wildman–Crippen MR) is 140 cm³/mol. The molecular weight excluding hydrogens is 430 g/mol. The van der Waals surface area contributed by atoms with Crippen molar-refractivity contribution in [2.75, 3.05) is 13.1 Å². The van der Waals surface area contributed by atoms with E-state index in [0.717, 1.165) is 69.1 Å². The third-order valence-corrected chi connectivity index (χ3v) is 4.58. The van der Waals surface area contributed by atoms with Gasteiger partial charge in [0.1, 0.15) is 0 Å². The Morgan fingerprint density at radius 1 is 0.882 bits per heavy atom. The highest BCUT2D eigenvalue weighted by Gasteiger charge is 2.07. The molecule has 0 fully saturated rings. The number of amides is 1. The van der Waals surface area contributed by atoms with Gasteiger partial charge in [-0.05, 0) is 31.4 Å². The van der Waals surface area contributed by atoms with Crippen molar-refractivity contribution in [2.45, 2.75) is 85.5 Å². The average Bonchev–Trinajstić information content (AvgIpc) is 2.89. The Hall–Kier alpha value is -3.03. The summed E-state index contributed by atoms with van der Waals surface area (Å²) < 4.78 is 0. The lowest BCUT2D eigenvalue weighted by Crippen LogP contribution is -2.43. The lowest BCUT2D eigenvalue weighted by Gasteiger charge is -2.14. The summed E-state index contributed by atoms with van der Waals surface area (Å²) in [5.74, 6) is -0.0974. The first kappa shape index (κ1) is 31.0. The molecule has 3 rings (SSSR count). The number of guanidine groups is 1. The number of nitrogens with one attached hydrogen (secondary N) is 2. The van der Waals surface area contributed by atoms with Crippen LogP contribution in [0.4, 0.5) is 0 Å². The monoisotopic (exact) mass is 473 g/mol. The number of aromatic nitrogens is 2. The van der Waals surface area contributed by atoms with E-state index >= 15 is 0 Å². The number of rotatable bonds is 9. The highest BCUT2D eigenvalue weighted by Crippen LogP contribution is 2.08. The van der Waals surface area contributed by atoms with Crippen LogP contribution in [0, 0.1) is 0 Å². The van der Waals surface area contributed by atoms with Crippen molar-refractivity contribution in [2.24, 2.45) is 4.99 Å². The molecule has 0 unspecified atom stereocenters. The van der Waals surface area contributed by atoms with Gasteiger partial charge in [-0.15, -0.1) is 0 Å². The molecule has 1 aliphatic rings. The molecule has 3 N–H and O–H groups in total. The number of benzene rings is 1. The van der Waals surface area contributed by atoms with Crippen molar-refractivity contribution in [3.63, 3.8) is 0 Å². The molecule has 0 atom stereocenters. The second kappa shape index (κ2) is 21.8. The van der Waals surface area contributed by atoms with Crippen LogP contribution in [0.2, 0.25) is 0 Å². The van der Waals surface area contributed by atoms with Crippen LogP contribution in [0.25, 0.3) is 11.0 Å². The number of nitrogens with zero attached hydrogens (tertiary/aromatic N) is 3. The van der Waals surface area contributed by atoms with Crippen molar-refractivity contribution in [1.82, 2.24) is 20.6 Å². The van der Waals surface area contributed by atoms with Gasteiger partial charge in [-0.1, -0.05) is 65.5 Å². The van der Waals surface area contributed by atoms with Crippen LogP contribution in [0.15, 0.2) is 41.7 Å². The number of hydrogen-bond donors (Lipinski definition) is 3. The van der Waals surface area contributed by atoms with E-state index in [1.807, 2.05) is 52.0 Å². The Morgan fingerprint density at radius 3 is 1.91 bits per heavy atom. The van der Waals surface area contributed by atoms with Crippen LogP contribution in [-0.4, -0.2) is 46.0 Å². The minimum Gasteiger partial charge on any atom is -0.481 e. The van der Waals surface area contributed by atoms with Gasteiger partial charge >= 0.3 is 5.97 Å². The molecule has 0 saturated heterocycles. The quantitative estimate of drug-likeness (QED) is 0.423. The summed E-state index contributed by atoms with van der Waals surface area (Å²) in [6, 6.07) is 7.80. The van der Waals surface area contributed by atoms with E-state index in [2.05, 4.69) is 25.6 Å². The number of fused-ring (bicyclic) bond motifs is 1. The predicted octanol–water partition coefficient (Wildman–Crippen LogP) is 5.34. The van der Waals surface area contributed by atoms with E-state index in [1.54, 1.807) is 12.4 Å². The Bertz CT molecular complexity index is 761. The van der Waals surface area contributed by atoms with E-state index in [-0.39, 0.29) is 12.3 Å². The maximum atomic E-state index is 11.6. The third kappa shape index (κ3) is 15.7. The SMILES string of the molecule is CC.CC.O=C(O)CCCCCCCCC(=O)NC1=NCCCN1.c1ccc2nccnc2c1. The summed E-state index contributed by atoms with van der Waals surface area (Å²) >= 11 is 0. The number of aliphatic imine (C=N–C) groups is 1. The Kier molecular flexibility index (Phi) is 19.9. The van der Waals surface area contributed by atoms with E-state index < -0.39 is 5.97 Å². The van der Waals surface area contributed by atoms with E-state index in [4.69, 9.17) is 5.11 Å². The molecule has 0 spiro atoms. The van der Waals surface area contributed by atoms with Crippen LogP contribution in [0.3, 0.4) is 0 Å². The maximum absolute atomic E-state index is 11.6. The fourth-order valence-corrected chi connectivity index (χ4v) is 2.99. The van der Waals surface area contributed by atoms with Crippen LogP contribution in [0.5, 0.6) is 0 Å². The molecule has 0 saturated carbocycles. The smallest absolute Gasteiger partial charge is 0.303 e. The molecule has 1 aliphatic heterocycles. The van der Waals surface area contributed by atoms with E-state index in [9.17, 15) is 9.59 Å². The minimum atomic E-state index is -0.721. The Balaban J connectivity index is 0.000000643. The Morgan fingerprint density at radius 2 is 1.41 bits per heavy atom. The first-order valence-electron chi connectivity index (χ1n) is 12.6. The van der Waals surface area contributed by atoms with Gasteiger partial charge in [0.25, 0.3) is 0 Å². The van der Waals surface area contributed by atoms with E-state index in [1.165, 1.54) is 0 Å². The molecule has 34 heavy (non-hydrogen) atoms. The van der Waals surface area contributed by atoms with Crippen LogP contribution < -0.4 is 10.6 Å². The van der Waals surface area contributed by atoms with Gasteiger partial charge in [-0.3, -0.25) is 29.9 Å². The normalized spacial score (nSPS) is 11.7. The third-order valence-electron chi connectivity index (χ3n) is 4.58. The molecule has 8 nitrogen and oxygen atoms in total. The minimum absolute atomic E-state index is 0.0176. The van der Waals surface area contributed by atoms with Crippen molar-refractivity contribution >= 4 is 28.9 Å². The molecule has 2 aromatic rings. The van der Waals surface area contributed by atoms with E-state index in [0.29, 0.717) is 12.4 Å². The van der Waals surface area contributed by atoms with Gasteiger partial charge in [-0.25, -0.2) is 0 Å². The van der Waals surface area contributed by atoms with Gasteiger partial charge < -0.3 is 10.4 Å². The van der Waals surface area contributed by atoms with Crippen LogP contribution in [-0.2, 0) is 9.59 Å². The van der Waals surface area contributed by atoms with Crippen molar-refractivity contribution < 1.29 is 14.7 Å². The van der Waals surface area contributed by atoms with Gasteiger partial charge in [0.15, 0.2) is 5.96 Å². The van der Waals surface area contributed by atoms with Gasteiger partial charge in [-0.2, -0.15) is 0 Å². The van der Waals surface area contributed by atoms with Gasteiger partial charge in [0, 0.05) is 38.3 Å². The number of carbonyl (C=O) groups excluding carboxylic acids is 1. The molecule has 1 amide bonds. The van der Waals surface area contributed by atoms with Crippen LogP contribution in [0.1, 0.15) is 85.5 Å². The zero-order valence-electron chi connectivity index (χ0n) is 21.3. The lowest BCUT2D eigenvalue weighted by atomic mass is 10.1. The number of carboxylic acid groups (broad SMARTS) is 1. The largest absolute Gasteiger partial charge is 0.481 e. The second-order valence-corrected chi connectivity index (χ2v) is 7.12. The van der Waals surface area contributed by atoms with Crippen molar-refractivity contribution in [3.8, 4) is 0 Å². The second-order valence-electron chi connectivity index (χ2n) is 7.12. The standard InChI is InChI=1S/C14H25N3O3.C8H6N2.2C2H6/c18-12(17-14-15-10-7-11-16-14)8-5-3-1-2-4-6-9-13(19)20;1-2-4-8-7(3-1)9-5-6-10-8;2*1-2/h1-11H2,(H,19,20)(H2,15,16,17,18);1-6H;2*1-2H3. The first-order valence-corrected chi connectivity index (χ1v) is 12.6. The number of carbonyl (C=O) groups is 2. The zero-order chi connectivity index (χ0) is 25.4. The molecule has 8 heteroatoms. The maximum Gasteiger partial charge on any atom is 0.303 e. The van der Waals surface area contributed by atoms with Gasteiger partial charge in [0.2, 0.25) is 5.91 Å². The van der Waals surface area contributed by atoms with Crippen molar-refractivity contribution in [3.05, 3.63) is 36.7 Å². The number of para-hydroxylation sites is 2. The number of aliphatic carboxylic acids is 1. The number of carboxylic acids is 1. The Labute approximate surface area is 204 Å². The molecule has 190 valence electrons. The average molecular weight is 474 g/mol. The highest BCUT2D eigenvalue weighted by atomic mass is 16.4. The first-order chi connectivity index (χ1) is 16.6. The summed E-state index contributed by atoms with van der Waals surface area (Å²) in [7, 11) is 0. The summed E-state index contributed by atoms with van der Waals surface area (Å²) in [6.07, 6.45) is 10.9. The lowest BCUT2D eigenvalue weighted by molar-refractivity contribution is -0.137. The van der Waals surface area contributed by atoms with Gasteiger partial charge in [0.05, 0.1) is 11.0 Å². The fourth-order valence-electron chi connectivity index (χ4n) is 2.99. The number of hydrogen-bond acceptors (Lipinski definition) is 6. The summed E-state index contributed by atoms with van der Waals surface area (Å²) in [5, 5.41) is 14.3. The van der Waals surface area contributed by atoms with Crippen LogP contribution >= 0.6 is 0 Å². The summed E-state index contributed by atoms with van der Waals surface area (Å²) in [4.78, 5) is 34.4. The fraction of sp³-hybridized carbons (Fsp3) is 0.577. The molecular formula is C26H43N5O3. The molecule has 1 aromatic heterocycles.